The molecular weight excluding hydrogens is 284 g/mol. The number of hydrogen-bond donors (Lipinski definition) is 2. The number of nitrogens with zero attached hydrogens (tertiary/aromatic N) is 1. The highest BCUT2D eigenvalue weighted by Gasteiger charge is 2.14. The van der Waals surface area contributed by atoms with E-state index in [0.29, 0.717) is 6.54 Å². The fourth-order valence-corrected chi connectivity index (χ4v) is 2.36. The Bertz CT molecular complexity index is 637. The summed E-state index contributed by atoms with van der Waals surface area (Å²) in [7, 11) is 0. The Hall–Kier alpha value is -2.29. The molecule has 0 aliphatic rings. The zero-order chi connectivity index (χ0) is 17.4. The normalized spacial score (nSPS) is 13.9. The van der Waals surface area contributed by atoms with Gasteiger partial charge in [0.05, 0.1) is 12.3 Å². The zero-order valence-corrected chi connectivity index (χ0v) is 14.9. The van der Waals surface area contributed by atoms with Gasteiger partial charge in [0, 0.05) is 11.3 Å². The van der Waals surface area contributed by atoms with E-state index in [9.17, 15) is 5.11 Å². The lowest BCUT2D eigenvalue weighted by atomic mass is 9.95. The molecule has 0 fully saturated rings. The third-order valence-corrected chi connectivity index (χ3v) is 3.45. The average molecular weight is 312 g/mol. The Morgan fingerprint density at radius 1 is 1.26 bits per heavy atom. The summed E-state index contributed by atoms with van der Waals surface area (Å²) in [5.74, 6) is 0.266. The highest BCUT2D eigenvalue weighted by molar-refractivity contribution is 6.15. The average Bonchev–Trinajstić information content (AvgIpc) is 2.44. The molecule has 0 aromatic heterocycles. The minimum atomic E-state index is 0.266. The smallest absolute Gasteiger partial charge is 0.125 e. The highest BCUT2D eigenvalue weighted by Crippen LogP contribution is 2.26. The summed E-state index contributed by atoms with van der Waals surface area (Å²) in [5.41, 5.74) is 11.1. The summed E-state index contributed by atoms with van der Waals surface area (Å²) < 4.78 is 0. The van der Waals surface area contributed by atoms with Gasteiger partial charge in [-0.1, -0.05) is 31.2 Å². The number of rotatable bonds is 6. The van der Waals surface area contributed by atoms with Crippen LogP contribution in [0.5, 0.6) is 5.75 Å². The van der Waals surface area contributed by atoms with Crippen molar-refractivity contribution in [2.75, 3.05) is 6.54 Å². The van der Waals surface area contributed by atoms with Crippen LogP contribution in [0.1, 0.15) is 43.9 Å². The van der Waals surface area contributed by atoms with Crippen LogP contribution in [0.15, 0.2) is 52.7 Å². The number of allylic oxidation sites excluding steroid dienone is 5. The van der Waals surface area contributed by atoms with Gasteiger partial charge in [0.1, 0.15) is 5.75 Å². The van der Waals surface area contributed by atoms with Crippen molar-refractivity contribution in [2.45, 2.75) is 41.0 Å². The number of hydrogen-bond acceptors (Lipinski definition) is 3. The molecule has 0 unspecified atom stereocenters. The molecule has 1 aromatic carbocycles. The molecular formula is C20H28N2O. The topological polar surface area (TPSA) is 58.6 Å². The second-order valence-electron chi connectivity index (χ2n) is 5.80. The van der Waals surface area contributed by atoms with Crippen molar-refractivity contribution in [3.8, 4) is 5.75 Å². The molecule has 0 amide bonds. The predicted molar refractivity (Wildman–Crippen MR) is 100 cm³/mol. The first-order valence-electron chi connectivity index (χ1n) is 7.97. The molecule has 124 valence electrons. The summed E-state index contributed by atoms with van der Waals surface area (Å²) in [6, 6.07) is 3.83. The Kier molecular flexibility index (Phi) is 7.33. The van der Waals surface area contributed by atoms with E-state index in [1.54, 1.807) is 6.07 Å². The van der Waals surface area contributed by atoms with Crippen LogP contribution in [0.4, 0.5) is 0 Å². The number of aryl methyl sites for hydroxylation is 2. The summed E-state index contributed by atoms with van der Waals surface area (Å²) in [5, 5.41) is 10.4. The largest absolute Gasteiger partial charge is 0.507 e. The Morgan fingerprint density at radius 2 is 1.96 bits per heavy atom. The molecule has 0 bridgehead atoms. The number of phenolic OH excluding ortho intramolecular Hbond substituents is 1. The molecule has 3 nitrogen and oxygen atoms in total. The van der Waals surface area contributed by atoms with Gasteiger partial charge in [-0.3, -0.25) is 4.99 Å². The summed E-state index contributed by atoms with van der Waals surface area (Å²) in [6.45, 7) is 10.4. The number of aromatic hydroxyl groups is 1. The maximum absolute atomic E-state index is 10.4. The molecule has 0 aliphatic heterocycles. The van der Waals surface area contributed by atoms with Crippen molar-refractivity contribution < 1.29 is 5.11 Å². The van der Waals surface area contributed by atoms with Crippen LogP contribution in [0.2, 0.25) is 0 Å². The van der Waals surface area contributed by atoms with Gasteiger partial charge in [0.15, 0.2) is 0 Å². The van der Waals surface area contributed by atoms with Gasteiger partial charge < -0.3 is 10.8 Å². The van der Waals surface area contributed by atoms with Crippen LogP contribution in [-0.2, 0) is 0 Å². The molecule has 3 N–H and O–H groups in total. The van der Waals surface area contributed by atoms with Gasteiger partial charge in [0.2, 0.25) is 0 Å². The second-order valence-corrected chi connectivity index (χ2v) is 5.80. The van der Waals surface area contributed by atoms with Crippen molar-refractivity contribution in [1.29, 1.82) is 0 Å². The van der Waals surface area contributed by atoms with Crippen LogP contribution in [0.25, 0.3) is 0 Å². The van der Waals surface area contributed by atoms with Crippen LogP contribution in [0, 0.1) is 13.8 Å². The SMILES string of the molecule is CC/C=C\C=C(/C)C(=NC/C=C(\C)N)c1c(C)cc(C)cc1O. The van der Waals surface area contributed by atoms with E-state index in [-0.39, 0.29) is 5.75 Å². The van der Waals surface area contributed by atoms with Gasteiger partial charge in [-0.2, -0.15) is 0 Å². The molecule has 1 aromatic rings. The molecule has 0 heterocycles. The number of aliphatic imine (C=N–C) groups is 1. The van der Waals surface area contributed by atoms with E-state index in [0.717, 1.165) is 40.1 Å². The van der Waals surface area contributed by atoms with Crippen LogP contribution >= 0.6 is 0 Å². The van der Waals surface area contributed by atoms with Crippen LogP contribution in [-0.4, -0.2) is 17.4 Å². The highest BCUT2D eigenvalue weighted by atomic mass is 16.3. The maximum atomic E-state index is 10.4. The Morgan fingerprint density at radius 3 is 2.52 bits per heavy atom. The maximum Gasteiger partial charge on any atom is 0.125 e. The van der Waals surface area contributed by atoms with E-state index in [1.807, 2.05) is 45.9 Å². The summed E-state index contributed by atoms with van der Waals surface area (Å²) in [6.07, 6.45) is 9.00. The van der Waals surface area contributed by atoms with E-state index in [4.69, 9.17) is 5.73 Å². The molecule has 0 radical (unpaired) electrons. The van der Waals surface area contributed by atoms with Gasteiger partial charge in [0.25, 0.3) is 0 Å². The van der Waals surface area contributed by atoms with Crippen LogP contribution in [0.3, 0.4) is 0 Å². The quantitative estimate of drug-likeness (QED) is 0.597. The minimum Gasteiger partial charge on any atom is -0.507 e. The lowest BCUT2D eigenvalue weighted by Gasteiger charge is -2.13. The Balaban J connectivity index is 3.38. The van der Waals surface area contributed by atoms with Crippen molar-refractivity contribution in [3.05, 3.63) is 64.4 Å². The molecule has 1 rings (SSSR count). The molecule has 0 saturated carbocycles. The Labute approximate surface area is 140 Å². The lowest BCUT2D eigenvalue weighted by Crippen LogP contribution is -2.07. The van der Waals surface area contributed by atoms with Crippen molar-refractivity contribution >= 4 is 5.71 Å². The second kappa shape index (κ2) is 8.99. The number of benzene rings is 1. The van der Waals surface area contributed by atoms with E-state index in [1.165, 1.54) is 0 Å². The molecule has 0 spiro atoms. The summed E-state index contributed by atoms with van der Waals surface area (Å²) >= 11 is 0. The van der Waals surface area contributed by atoms with Gasteiger partial charge in [-0.05, 0) is 63.0 Å². The minimum absolute atomic E-state index is 0.266. The van der Waals surface area contributed by atoms with Gasteiger partial charge >= 0.3 is 0 Å². The number of phenols is 1. The van der Waals surface area contributed by atoms with Gasteiger partial charge in [-0.25, -0.2) is 0 Å². The molecule has 0 saturated heterocycles. The first kappa shape index (κ1) is 18.8. The summed E-state index contributed by atoms with van der Waals surface area (Å²) in [4.78, 5) is 4.66. The third-order valence-electron chi connectivity index (χ3n) is 3.45. The molecule has 3 heteroatoms. The monoisotopic (exact) mass is 312 g/mol. The molecule has 23 heavy (non-hydrogen) atoms. The molecule has 0 atom stereocenters. The van der Waals surface area contributed by atoms with Crippen molar-refractivity contribution in [2.24, 2.45) is 10.7 Å². The van der Waals surface area contributed by atoms with E-state index in [2.05, 4.69) is 24.1 Å². The van der Waals surface area contributed by atoms with E-state index < -0.39 is 0 Å². The van der Waals surface area contributed by atoms with Gasteiger partial charge in [-0.15, -0.1) is 0 Å². The third kappa shape index (κ3) is 5.78. The first-order valence-corrected chi connectivity index (χ1v) is 7.97. The fraction of sp³-hybridized carbons (Fsp3) is 0.350. The molecule has 0 aliphatic carbocycles. The number of nitrogens with two attached hydrogens (primary N) is 1. The zero-order valence-electron chi connectivity index (χ0n) is 14.9. The van der Waals surface area contributed by atoms with Crippen molar-refractivity contribution in [3.63, 3.8) is 0 Å². The van der Waals surface area contributed by atoms with Crippen LogP contribution < -0.4 is 5.73 Å². The van der Waals surface area contributed by atoms with Crippen molar-refractivity contribution in [1.82, 2.24) is 0 Å². The van der Waals surface area contributed by atoms with E-state index >= 15 is 0 Å². The predicted octanol–water partition coefficient (Wildman–Crippen LogP) is 4.57. The fourth-order valence-electron chi connectivity index (χ4n) is 2.36. The first-order chi connectivity index (χ1) is 10.9. The lowest BCUT2D eigenvalue weighted by molar-refractivity contribution is 0.473. The standard InChI is InChI=1S/C20H28N2O/c1-6-7-8-9-15(3)20(22-11-10-17(5)21)19-16(4)12-14(2)13-18(19)23/h7-10,12-13,23H,6,11,21H2,1-5H3/b8-7-,15-9+,17-10+,22-20?.